The van der Waals surface area contributed by atoms with Gasteiger partial charge in [0, 0.05) is 5.39 Å². The quantitative estimate of drug-likeness (QED) is 0.730. The molecule has 0 radical (unpaired) electrons. The molecule has 0 saturated heterocycles. The molecule has 130 valence electrons. The molecule has 2 aromatic carbocycles. The van der Waals surface area contributed by atoms with E-state index in [0.717, 1.165) is 28.8 Å². The average Bonchev–Trinajstić information content (AvgIpc) is 3.07. The number of hydrogen-bond acceptors (Lipinski definition) is 3. The van der Waals surface area contributed by atoms with Crippen LogP contribution in [0.4, 0.5) is 0 Å². The zero-order valence-electron chi connectivity index (χ0n) is 14.9. The first-order chi connectivity index (χ1) is 12.1. The van der Waals surface area contributed by atoms with Gasteiger partial charge in [0.25, 0.3) is 0 Å². The molecule has 0 aliphatic rings. The molecule has 1 aromatic heterocycles. The number of fused-ring (bicyclic) bond motifs is 1. The molecule has 1 heterocycles. The molecule has 1 amide bonds. The Balaban J connectivity index is 1.80. The van der Waals surface area contributed by atoms with Crippen LogP contribution in [0.15, 0.2) is 65.1 Å². The molecule has 25 heavy (non-hydrogen) atoms. The number of benzene rings is 2. The topological polar surface area (TPSA) is 45.5 Å². The van der Waals surface area contributed by atoms with Crippen molar-refractivity contribution in [1.29, 1.82) is 0 Å². The molecule has 0 bridgehead atoms. The van der Waals surface area contributed by atoms with E-state index in [1.165, 1.54) is 0 Å². The smallest absolute Gasteiger partial charge is 0.242 e. The van der Waals surface area contributed by atoms with Crippen LogP contribution in [-0.2, 0) is 4.79 Å². The normalized spacial score (nSPS) is 13.8. The highest BCUT2D eigenvalue weighted by atomic mass is 16.3. The fourth-order valence-corrected chi connectivity index (χ4v) is 3.00. The minimum atomic E-state index is -0.321. The standard InChI is InChI=1S/C21H24N2O2/c1-4-23(3)20(16-10-6-5-7-11-16)21(24)22-15(2)19-14-17-12-8-9-13-18(17)25-19/h5-15,20H,4H2,1-3H3,(H,22,24). The SMILES string of the molecule is CCN(C)C(C(=O)NC(C)c1cc2ccccc2o1)c1ccccc1. The van der Waals surface area contributed by atoms with E-state index in [9.17, 15) is 4.79 Å². The number of likely N-dealkylation sites (N-methyl/N-ethyl adjacent to an activating group) is 1. The number of hydrogen-bond donors (Lipinski definition) is 1. The highest BCUT2D eigenvalue weighted by Gasteiger charge is 2.26. The fourth-order valence-electron chi connectivity index (χ4n) is 3.00. The van der Waals surface area contributed by atoms with Gasteiger partial charge in [-0.15, -0.1) is 0 Å². The fraction of sp³-hybridized carbons (Fsp3) is 0.286. The van der Waals surface area contributed by atoms with E-state index in [2.05, 4.69) is 5.32 Å². The minimum Gasteiger partial charge on any atom is -0.459 e. The largest absolute Gasteiger partial charge is 0.459 e. The third kappa shape index (κ3) is 3.74. The van der Waals surface area contributed by atoms with Crippen molar-refractivity contribution in [1.82, 2.24) is 10.2 Å². The van der Waals surface area contributed by atoms with Gasteiger partial charge in [0.15, 0.2) is 0 Å². The highest BCUT2D eigenvalue weighted by Crippen LogP contribution is 2.25. The van der Waals surface area contributed by atoms with Crippen molar-refractivity contribution in [3.05, 3.63) is 72.0 Å². The molecule has 4 nitrogen and oxygen atoms in total. The molecule has 3 rings (SSSR count). The molecule has 1 N–H and O–H groups in total. The van der Waals surface area contributed by atoms with E-state index in [1.54, 1.807) is 0 Å². The van der Waals surface area contributed by atoms with Crippen LogP contribution >= 0.6 is 0 Å². The van der Waals surface area contributed by atoms with Gasteiger partial charge in [-0.25, -0.2) is 0 Å². The van der Waals surface area contributed by atoms with Crippen LogP contribution in [0.5, 0.6) is 0 Å². The summed E-state index contributed by atoms with van der Waals surface area (Å²) in [7, 11) is 1.96. The summed E-state index contributed by atoms with van der Waals surface area (Å²) in [5.41, 5.74) is 1.82. The summed E-state index contributed by atoms with van der Waals surface area (Å²) in [6.07, 6.45) is 0. The predicted octanol–water partition coefficient (Wildman–Crippen LogP) is 4.30. The second-order valence-electron chi connectivity index (χ2n) is 6.30. The lowest BCUT2D eigenvalue weighted by atomic mass is 10.0. The van der Waals surface area contributed by atoms with Gasteiger partial charge in [-0.2, -0.15) is 0 Å². The Bertz CT molecular complexity index is 808. The van der Waals surface area contributed by atoms with Crippen molar-refractivity contribution >= 4 is 16.9 Å². The van der Waals surface area contributed by atoms with E-state index in [0.29, 0.717) is 0 Å². The van der Waals surface area contributed by atoms with Gasteiger partial charge in [-0.3, -0.25) is 9.69 Å². The lowest BCUT2D eigenvalue weighted by Gasteiger charge is -2.27. The maximum atomic E-state index is 12.9. The molecule has 0 fully saturated rings. The van der Waals surface area contributed by atoms with Crippen LogP contribution in [-0.4, -0.2) is 24.4 Å². The number of carbonyl (C=O) groups excluding carboxylic acids is 1. The second-order valence-corrected chi connectivity index (χ2v) is 6.30. The second kappa shape index (κ2) is 7.53. The highest BCUT2D eigenvalue weighted by molar-refractivity contribution is 5.84. The summed E-state index contributed by atoms with van der Waals surface area (Å²) in [5, 5.41) is 4.14. The van der Waals surface area contributed by atoms with Gasteiger partial charge in [-0.1, -0.05) is 55.5 Å². The predicted molar refractivity (Wildman–Crippen MR) is 100 cm³/mol. The van der Waals surface area contributed by atoms with Gasteiger partial charge in [-0.05, 0) is 38.2 Å². The van der Waals surface area contributed by atoms with Crippen LogP contribution in [0.1, 0.15) is 37.3 Å². The molecular weight excluding hydrogens is 312 g/mol. The zero-order chi connectivity index (χ0) is 17.8. The van der Waals surface area contributed by atoms with Gasteiger partial charge >= 0.3 is 0 Å². The van der Waals surface area contributed by atoms with Crippen LogP contribution in [0, 0.1) is 0 Å². The van der Waals surface area contributed by atoms with E-state index >= 15 is 0 Å². The third-order valence-corrected chi connectivity index (χ3v) is 4.53. The van der Waals surface area contributed by atoms with Crippen LogP contribution < -0.4 is 5.32 Å². The van der Waals surface area contributed by atoms with Crippen molar-refractivity contribution in [2.45, 2.75) is 25.9 Å². The van der Waals surface area contributed by atoms with Crippen molar-refractivity contribution in [2.75, 3.05) is 13.6 Å². The minimum absolute atomic E-state index is 0.0245. The summed E-state index contributed by atoms with van der Waals surface area (Å²) in [6, 6.07) is 19.2. The van der Waals surface area contributed by atoms with Gasteiger partial charge in [0.1, 0.15) is 17.4 Å². The number of furan rings is 1. The Labute approximate surface area is 148 Å². The van der Waals surface area contributed by atoms with E-state index < -0.39 is 0 Å². The molecule has 0 spiro atoms. The Morgan fingerprint density at radius 1 is 1.12 bits per heavy atom. The molecule has 4 heteroatoms. The zero-order valence-corrected chi connectivity index (χ0v) is 14.9. The number of nitrogens with zero attached hydrogens (tertiary/aromatic N) is 1. The van der Waals surface area contributed by atoms with Crippen LogP contribution in [0.3, 0.4) is 0 Å². The Morgan fingerprint density at radius 2 is 1.80 bits per heavy atom. The van der Waals surface area contributed by atoms with Gasteiger partial charge < -0.3 is 9.73 Å². The van der Waals surface area contributed by atoms with Crippen molar-refractivity contribution < 1.29 is 9.21 Å². The lowest BCUT2D eigenvalue weighted by molar-refractivity contribution is -0.127. The number of amides is 1. The summed E-state index contributed by atoms with van der Waals surface area (Å²) in [4.78, 5) is 15.0. The molecule has 2 unspecified atom stereocenters. The number of nitrogens with one attached hydrogen (secondary N) is 1. The maximum absolute atomic E-state index is 12.9. The van der Waals surface area contributed by atoms with E-state index in [-0.39, 0.29) is 18.0 Å². The molecule has 0 aliphatic heterocycles. The number of para-hydroxylation sites is 1. The summed E-state index contributed by atoms with van der Waals surface area (Å²) >= 11 is 0. The lowest BCUT2D eigenvalue weighted by Crippen LogP contribution is -2.39. The number of carbonyl (C=O) groups is 1. The summed E-state index contributed by atoms with van der Waals surface area (Å²) in [5.74, 6) is 0.740. The Hall–Kier alpha value is -2.59. The first kappa shape index (κ1) is 17.2. The van der Waals surface area contributed by atoms with E-state index in [1.807, 2.05) is 86.5 Å². The Morgan fingerprint density at radius 3 is 2.48 bits per heavy atom. The third-order valence-electron chi connectivity index (χ3n) is 4.53. The molecule has 2 atom stereocenters. The van der Waals surface area contributed by atoms with Crippen LogP contribution in [0.2, 0.25) is 0 Å². The maximum Gasteiger partial charge on any atom is 0.242 e. The van der Waals surface area contributed by atoms with E-state index in [4.69, 9.17) is 4.42 Å². The Kier molecular flexibility index (Phi) is 5.19. The number of rotatable bonds is 6. The molecule has 0 aliphatic carbocycles. The summed E-state index contributed by atoms with van der Waals surface area (Å²) in [6.45, 7) is 4.78. The van der Waals surface area contributed by atoms with Crippen molar-refractivity contribution in [2.24, 2.45) is 0 Å². The monoisotopic (exact) mass is 336 g/mol. The average molecular weight is 336 g/mol. The molecule has 0 saturated carbocycles. The molecular formula is C21H24N2O2. The first-order valence-corrected chi connectivity index (χ1v) is 8.64. The van der Waals surface area contributed by atoms with Crippen molar-refractivity contribution in [3.63, 3.8) is 0 Å². The molecule has 3 aromatic rings. The summed E-state index contributed by atoms with van der Waals surface area (Å²) < 4.78 is 5.87. The first-order valence-electron chi connectivity index (χ1n) is 8.64. The van der Waals surface area contributed by atoms with Crippen molar-refractivity contribution in [3.8, 4) is 0 Å². The van der Waals surface area contributed by atoms with Gasteiger partial charge in [0.2, 0.25) is 5.91 Å². The van der Waals surface area contributed by atoms with Gasteiger partial charge in [0.05, 0.1) is 6.04 Å². The van der Waals surface area contributed by atoms with Crippen LogP contribution in [0.25, 0.3) is 11.0 Å².